The zero-order valence-electron chi connectivity index (χ0n) is 22.7. The van der Waals surface area contributed by atoms with Crippen LogP contribution in [0.4, 0.5) is 0 Å². The summed E-state index contributed by atoms with van der Waals surface area (Å²) in [5.74, 6) is 1.62. The molecule has 0 aliphatic carbocycles. The second-order valence-electron chi connectivity index (χ2n) is 9.86. The number of nitrogens with zero attached hydrogens (tertiary/aromatic N) is 3. The Morgan fingerprint density at radius 1 is 0.925 bits per heavy atom. The highest BCUT2D eigenvalue weighted by molar-refractivity contribution is 7.22. The fourth-order valence-corrected chi connectivity index (χ4v) is 6.53. The van der Waals surface area contributed by atoms with Gasteiger partial charge in [0.15, 0.2) is 0 Å². The summed E-state index contributed by atoms with van der Waals surface area (Å²) in [6.45, 7) is 2.04. The van der Waals surface area contributed by atoms with Crippen LogP contribution in [0.15, 0.2) is 89.9 Å². The molecule has 2 aliphatic heterocycles. The van der Waals surface area contributed by atoms with E-state index in [-0.39, 0.29) is 5.56 Å². The molecule has 0 saturated carbocycles. The van der Waals surface area contributed by atoms with Gasteiger partial charge in [-0.3, -0.25) is 9.69 Å². The van der Waals surface area contributed by atoms with Crippen molar-refractivity contribution in [3.63, 3.8) is 0 Å². The van der Waals surface area contributed by atoms with E-state index in [4.69, 9.17) is 9.47 Å². The van der Waals surface area contributed by atoms with Crippen molar-refractivity contribution in [3.05, 3.63) is 112 Å². The lowest BCUT2D eigenvalue weighted by atomic mass is 10.0. The van der Waals surface area contributed by atoms with Crippen molar-refractivity contribution >= 4 is 21.6 Å². The standard InChI is InChI=1S/C32H30N4O3S/c1-35(17-21-9-5-4-6-10-21)19-25-28-29-26(31(37)34-33-29)20-36(18-23-11-7-8-12-27(23)39-3)32(28)40-30(25)22-13-15-24(38-2)16-14-22/h4-16,20H,17-19H2,1-3H3,(H,34,37). The Labute approximate surface area is 236 Å². The lowest BCUT2D eigenvalue weighted by molar-refractivity contribution is 0.321. The van der Waals surface area contributed by atoms with Crippen LogP contribution in [-0.2, 0) is 19.6 Å². The average molecular weight is 551 g/mol. The first-order chi connectivity index (χ1) is 19.6. The van der Waals surface area contributed by atoms with E-state index in [2.05, 4.69) is 69.2 Å². The third-order valence-electron chi connectivity index (χ3n) is 7.15. The first-order valence-corrected chi connectivity index (χ1v) is 13.9. The van der Waals surface area contributed by atoms with Crippen LogP contribution in [0, 0.1) is 0 Å². The highest BCUT2D eigenvalue weighted by atomic mass is 32.1. The lowest BCUT2D eigenvalue weighted by Crippen LogP contribution is -2.17. The first-order valence-electron chi connectivity index (χ1n) is 13.1. The summed E-state index contributed by atoms with van der Waals surface area (Å²) in [4.78, 5) is 17.4. The molecule has 8 heteroatoms. The summed E-state index contributed by atoms with van der Waals surface area (Å²) in [6.07, 6.45) is 1.92. The lowest BCUT2D eigenvalue weighted by Gasteiger charge is -2.19. The number of para-hydroxylation sites is 1. The number of aromatic nitrogens is 3. The molecule has 3 aromatic carbocycles. The number of nitrogens with one attached hydrogen (secondary N) is 1. The molecule has 1 aromatic heterocycles. The molecule has 0 spiro atoms. The third-order valence-corrected chi connectivity index (χ3v) is 8.47. The molecule has 6 rings (SSSR count). The van der Waals surface area contributed by atoms with Gasteiger partial charge >= 0.3 is 0 Å². The molecule has 7 nitrogen and oxygen atoms in total. The first kappa shape index (κ1) is 25.9. The van der Waals surface area contributed by atoms with Crippen LogP contribution in [0.1, 0.15) is 16.7 Å². The van der Waals surface area contributed by atoms with Crippen molar-refractivity contribution in [1.82, 2.24) is 19.7 Å². The zero-order chi connectivity index (χ0) is 27.6. The third kappa shape index (κ3) is 4.87. The van der Waals surface area contributed by atoms with Gasteiger partial charge < -0.3 is 14.0 Å². The SMILES string of the molecule is COc1ccc(-c2sc3c(c4n[nH]c(=O)c-4cn3Cc3ccccc3OC)c2CN(C)Cc2ccccc2)cc1. The molecule has 4 aromatic rings. The van der Waals surface area contributed by atoms with Crippen LogP contribution in [0.25, 0.3) is 31.9 Å². The fraction of sp³-hybridized carbons (Fsp3) is 0.188. The quantitative estimate of drug-likeness (QED) is 0.230. The van der Waals surface area contributed by atoms with Crippen LogP contribution in [-0.4, -0.2) is 40.9 Å². The maximum absolute atomic E-state index is 12.9. The number of hydrogen-bond acceptors (Lipinski definition) is 6. The summed E-state index contributed by atoms with van der Waals surface area (Å²) >= 11 is 1.72. The number of benzene rings is 3. The molecule has 0 amide bonds. The number of H-pyrrole nitrogens is 1. The molecule has 0 atom stereocenters. The summed E-state index contributed by atoms with van der Waals surface area (Å²) in [7, 11) is 5.48. The van der Waals surface area contributed by atoms with Gasteiger partial charge in [-0.2, -0.15) is 5.10 Å². The number of methoxy groups -OCH3 is 2. The van der Waals surface area contributed by atoms with Crippen molar-refractivity contribution < 1.29 is 9.47 Å². The van der Waals surface area contributed by atoms with Crippen LogP contribution in [0.5, 0.6) is 11.5 Å². The number of rotatable bonds is 9. The second-order valence-corrected chi connectivity index (χ2v) is 10.9. The minimum absolute atomic E-state index is 0.188. The Kier molecular flexibility index (Phi) is 7.11. The van der Waals surface area contributed by atoms with Gasteiger partial charge in [-0.25, -0.2) is 5.10 Å². The smallest absolute Gasteiger partial charge is 0.275 e. The van der Waals surface area contributed by atoms with E-state index in [0.29, 0.717) is 24.3 Å². The van der Waals surface area contributed by atoms with E-state index < -0.39 is 0 Å². The zero-order valence-corrected chi connectivity index (χ0v) is 23.5. The van der Waals surface area contributed by atoms with Gasteiger partial charge in [0.1, 0.15) is 22.0 Å². The molecule has 202 valence electrons. The predicted molar refractivity (Wildman–Crippen MR) is 161 cm³/mol. The van der Waals surface area contributed by atoms with Gasteiger partial charge in [-0.15, -0.1) is 11.3 Å². The number of thiophene rings is 1. The summed E-state index contributed by atoms with van der Waals surface area (Å²) in [6, 6.07) is 26.6. The number of pyridine rings is 1. The van der Waals surface area contributed by atoms with Crippen molar-refractivity contribution in [1.29, 1.82) is 0 Å². The Morgan fingerprint density at radius 2 is 1.68 bits per heavy atom. The van der Waals surface area contributed by atoms with E-state index >= 15 is 0 Å². The minimum atomic E-state index is -0.188. The van der Waals surface area contributed by atoms with Gasteiger partial charge in [-0.05, 0) is 54.1 Å². The fourth-order valence-electron chi connectivity index (χ4n) is 5.24. The van der Waals surface area contributed by atoms with E-state index in [9.17, 15) is 4.79 Å². The van der Waals surface area contributed by atoms with Gasteiger partial charge in [0.05, 0.1) is 26.3 Å². The Bertz CT molecular complexity index is 1790. The molecule has 40 heavy (non-hydrogen) atoms. The monoisotopic (exact) mass is 550 g/mol. The summed E-state index contributed by atoms with van der Waals surface area (Å²) < 4.78 is 13.2. The highest BCUT2D eigenvalue weighted by Crippen LogP contribution is 2.44. The maximum Gasteiger partial charge on any atom is 0.275 e. The average Bonchev–Trinajstić information content (AvgIpc) is 3.54. The molecule has 0 unspecified atom stereocenters. The number of hydrogen-bond donors (Lipinski definition) is 1. The largest absolute Gasteiger partial charge is 0.497 e. The van der Waals surface area contributed by atoms with E-state index in [1.54, 1.807) is 25.6 Å². The van der Waals surface area contributed by atoms with Gasteiger partial charge in [0.25, 0.3) is 5.56 Å². The molecule has 0 radical (unpaired) electrons. The summed E-state index contributed by atoms with van der Waals surface area (Å²) in [5, 5.41) is 8.21. The molecule has 0 bridgehead atoms. The van der Waals surface area contributed by atoms with Crippen LogP contribution in [0.3, 0.4) is 0 Å². The molecule has 0 fully saturated rings. The molecular weight excluding hydrogens is 520 g/mol. The Hall–Kier alpha value is -4.40. The maximum atomic E-state index is 12.9. The van der Waals surface area contributed by atoms with Crippen molar-refractivity contribution in [2.75, 3.05) is 21.3 Å². The molecule has 0 saturated heterocycles. The molecule has 1 N–H and O–H groups in total. The topological polar surface area (TPSA) is 72.4 Å². The Balaban J connectivity index is 1.55. The van der Waals surface area contributed by atoms with E-state index in [0.717, 1.165) is 49.8 Å². The van der Waals surface area contributed by atoms with Crippen molar-refractivity contribution in [2.24, 2.45) is 0 Å². The normalized spacial score (nSPS) is 11.5. The number of fused-ring (bicyclic) bond motifs is 3. The molecule has 2 aliphatic rings. The highest BCUT2D eigenvalue weighted by Gasteiger charge is 2.26. The molecular formula is C32H30N4O3S. The van der Waals surface area contributed by atoms with Crippen LogP contribution in [0.2, 0.25) is 0 Å². The van der Waals surface area contributed by atoms with Crippen LogP contribution >= 0.6 is 11.3 Å². The van der Waals surface area contributed by atoms with E-state index in [1.165, 1.54) is 5.56 Å². The van der Waals surface area contributed by atoms with Gasteiger partial charge in [0, 0.05) is 35.1 Å². The second kappa shape index (κ2) is 11.0. The predicted octanol–water partition coefficient (Wildman–Crippen LogP) is 6.26. The number of aromatic amines is 1. The van der Waals surface area contributed by atoms with Crippen molar-refractivity contribution in [2.45, 2.75) is 19.6 Å². The van der Waals surface area contributed by atoms with E-state index in [1.807, 2.05) is 42.6 Å². The molecule has 3 heterocycles. The van der Waals surface area contributed by atoms with Gasteiger partial charge in [0.2, 0.25) is 0 Å². The Morgan fingerprint density at radius 3 is 2.42 bits per heavy atom. The van der Waals surface area contributed by atoms with Crippen molar-refractivity contribution in [3.8, 4) is 33.2 Å². The number of ether oxygens (including phenoxy) is 2. The summed E-state index contributed by atoms with van der Waals surface area (Å²) in [5.41, 5.74) is 5.62. The minimum Gasteiger partial charge on any atom is -0.497 e. The van der Waals surface area contributed by atoms with Crippen LogP contribution < -0.4 is 15.0 Å². The van der Waals surface area contributed by atoms with Gasteiger partial charge in [-0.1, -0.05) is 48.5 Å².